The van der Waals surface area contributed by atoms with Gasteiger partial charge in [-0.2, -0.15) is 0 Å². The van der Waals surface area contributed by atoms with Crippen molar-refractivity contribution >= 4 is 34.2 Å². The van der Waals surface area contributed by atoms with Gasteiger partial charge in [-0.3, -0.25) is 19.3 Å². The lowest BCUT2D eigenvalue weighted by atomic mass is 9.92. The first-order chi connectivity index (χ1) is 13.6. The van der Waals surface area contributed by atoms with E-state index in [1.54, 1.807) is 48.5 Å². The van der Waals surface area contributed by atoms with Crippen molar-refractivity contribution in [2.45, 2.75) is 19.8 Å². The first kappa shape index (κ1) is 17.9. The van der Waals surface area contributed by atoms with Crippen LogP contribution in [0.2, 0.25) is 0 Å². The van der Waals surface area contributed by atoms with Gasteiger partial charge in [0.1, 0.15) is 0 Å². The number of hydrogen-bond donors (Lipinski definition) is 1. The molecule has 0 radical (unpaired) electrons. The van der Waals surface area contributed by atoms with Gasteiger partial charge in [-0.25, -0.2) is 0 Å². The minimum Gasteiger partial charge on any atom is -0.321 e. The third kappa shape index (κ3) is 2.95. The van der Waals surface area contributed by atoms with Gasteiger partial charge in [-0.05, 0) is 36.8 Å². The molecule has 1 N–H and O–H groups in total. The molecule has 0 unspecified atom stereocenters. The van der Waals surface area contributed by atoms with E-state index in [2.05, 4.69) is 5.32 Å². The zero-order chi connectivity index (χ0) is 19.7. The number of nitrogens with zero attached hydrogens (tertiary/aromatic N) is 1. The van der Waals surface area contributed by atoms with E-state index in [-0.39, 0.29) is 17.7 Å². The van der Waals surface area contributed by atoms with Crippen LogP contribution >= 0.6 is 0 Å². The van der Waals surface area contributed by atoms with E-state index in [1.165, 1.54) is 4.90 Å². The van der Waals surface area contributed by atoms with Gasteiger partial charge in [0.2, 0.25) is 0 Å². The third-order valence-electron chi connectivity index (χ3n) is 5.01. The van der Waals surface area contributed by atoms with Crippen molar-refractivity contribution in [2.75, 3.05) is 11.9 Å². The van der Waals surface area contributed by atoms with Crippen LogP contribution in [0.5, 0.6) is 0 Å². The van der Waals surface area contributed by atoms with Gasteiger partial charge in [0.05, 0.1) is 0 Å². The van der Waals surface area contributed by atoms with Crippen molar-refractivity contribution < 1.29 is 14.4 Å². The number of imide groups is 1. The molecule has 3 aromatic rings. The van der Waals surface area contributed by atoms with E-state index in [9.17, 15) is 14.4 Å². The van der Waals surface area contributed by atoms with E-state index < -0.39 is 0 Å². The Morgan fingerprint density at radius 2 is 1.61 bits per heavy atom. The minimum absolute atomic E-state index is 0.237. The van der Waals surface area contributed by atoms with Crippen LogP contribution in [0.4, 0.5) is 5.69 Å². The average Bonchev–Trinajstić information content (AvgIpc) is 2.73. The second kappa shape index (κ2) is 7.27. The van der Waals surface area contributed by atoms with E-state index in [4.69, 9.17) is 0 Å². The molecule has 1 heterocycles. The number of rotatable bonds is 5. The van der Waals surface area contributed by atoms with Gasteiger partial charge in [0.25, 0.3) is 17.7 Å². The molecule has 140 valence electrons. The Bertz CT molecular complexity index is 1070. The molecule has 1 aliphatic heterocycles. The lowest BCUT2D eigenvalue weighted by Crippen LogP contribution is -2.40. The molecule has 0 saturated heterocycles. The van der Waals surface area contributed by atoms with Crippen LogP contribution in [0.15, 0.2) is 60.7 Å². The largest absolute Gasteiger partial charge is 0.321 e. The quantitative estimate of drug-likeness (QED) is 0.671. The number of unbranched alkanes of at least 4 members (excludes halogenated alkanes) is 1. The molecule has 5 nitrogen and oxygen atoms in total. The summed E-state index contributed by atoms with van der Waals surface area (Å²) in [6.07, 6.45) is 1.67. The number of anilines is 1. The first-order valence-corrected chi connectivity index (χ1v) is 9.40. The summed E-state index contributed by atoms with van der Waals surface area (Å²) in [6.45, 7) is 2.44. The van der Waals surface area contributed by atoms with Crippen molar-refractivity contribution in [3.05, 3.63) is 77.4 Å². The second-order valence-electron chi connectivity index (χ2n) is 6.82. The number of amides is 3. The first-order valence-electron chi connectivity index (χ1n) is 9.40. The molecule has 4 rings (SSSR count). The van der Waals surface area contributed by atoms with Crippen LogP contribution in [0.3, 0.4) is 0 Å². The highest BCUT2D eigenvalue weighted by molar-refractivity contribution is 6.27. The smallest absolute Gasteiger partial charge is 0.261 e. The van der Waals surface area contributed by atoms with Gasteiger partial charge in [-0.15, -0.1) is 0 Å². The Morgan fingerprint density at radius 1 is 0.893 bits per heavy atom. The number of carbonyl (C=O) groups excluding carboxylic acids is 3. The molecule has 5 heteroatoms. The van der Waals surface area contributed by atoms with Crippen LogP contribution in [0.25, 0.3) is 10.8 Å². The highest BCUT2D eigenvalue weighted by atomic mass is 16.2. The molecular weight excluding hydrogens is 352 g/mol. The van der Waals surface area contributed by atoms with Crippen molar-refractivity contribution in [3.8, 4) is 0 Å². The molecule has 0 aliphatic carbocycles. The maximum Gasteiger partial charge on any atom is 0.261 e. The molecular formula is C23H20N2O3. The molecule has 0 aromatic heterocycles. The van der Waals surface area contributed by atoms with Crippen molar-refractivity contribution in [3.63, 3.8) is 0 Å². The van der Waals surface area contributed by atoms with Crippen LogP contribution < -0.4 is 5.32 Å². The maximum atomic E-state index is 12.9. The Balaban J connectivity index is 1.77. The zero-order valence-electron chi connectivity index (χ0n) is 15.6. The fraction of sp³-hybridized carbons (Fsp3) is 0.174. The van der Waals surface area contributed by atoms with Crippen LogP contribution in [-0.4, -0.2) is 29.2 Å². The van der Waals surface area contributed by atoms with Gasteiger partial charge in [0, 0.05) is 39.7 Å². The molecule has 0 fully saturated rings. The lowest BCUT2D eigenvalue weighted by molar-refractivity contribution is 0.0608. The number of carbonyl (C=O) groups is 3. The molecule has 3 amide bonds. The third-order valence-corrected chi connectivity index (χ3v) is 5.01. The highest BCUT2D eigenvalue weighted by Crippen LogP contribution is 2.34. The molecule has 28 heavy (non-hydrogen) atoms. The summed E-state index contributed by atoms with van der Waals surface area (Å²) in [4.78, 5) is 39.7. The zero-order valence-corrected chi connectivity index (χ0v) is 15.6. The number of hydrogen-bond acceptors (Lipinski definition) is 3. The van der Waals surface area contributed by atoms with Gasteiger partial charge >= 0.3 is 0 Å². The average molecular weight is 372 g/mol. The van der Waals surface area contributed by atoms with E-state index in [1.807, 2.05) is 19.1 Å². The summed E-state index contributed by atoms with van der Waals surface area (Å²) in [5.41, 5.74) is 2.12. The van der Waals surface area contributed by atoms with Crippen LogP contribution in [-0.2, 0) is 0 Å². The van der Waals surface area contributed by atoms with Crippen LogP contribution in [0.1, 0.15) is 50.8 Å². The second-order valence-corrected chi connectivity index (χ2v) is 6.82. The summed E-state index contributed by atoms with van der Waals surface area (Å²) in [5, 5.41) is 4.20. The van der Waals surface area contributed by atoms with Crippen LogP contribution in [0, 0.1) is 0 Å². The van der Waals surface area contributed by atoms with E-state index >= 15 is 0 Å². The fourth-order valence-electron chi connectivity index (χ4n) is 3.56. The molecule has 0 atom stereocenters. The molecule has 0 saturated carbocycles. The predicted octanol–water partition coefficient (Wildman–Crippen LogP) is 4.49. The van der Waals surface area contributed by atoms with E-state index in [0.717, 1.165) is 12.8 Å². The Morgan fingerprint density at radius 3 is 2.32 bits per heavy atom. The SMILES string of the molecule is CCCCN1C(=O)c2cccc3c(NC(=O)c4ccccc4)ccc(c23)C1=O. The van der Waals surface area contributed by atoms with Crippen molar-refractivity contribution in [1.29, 1.82) is 0 Å². The normalized spacial score (nSPS) is 13.1. The predicted molar refractivity (Wildman–Crippen MR) is 109 cm³/mol. The van der Waals surface area contributed by atoms with Gasteiger partial charge < -0.3 is 5.32 Å². The Kier molecular flexibility index (Phi) is 4.65. The summed E-state index contributed by atoms with van der Waals surface area (Å²) < 4.78 is 0. The summed E-state index contributed by atoms with van der Waals surface area (Å²) in [7, 11) is 0. The summed E-state index contributed by atoms with van der Waals surface area (Å²) in [5.74, 6) is -0.787. The van der Waals surface area contributed by atoms with Gasteiger partial charge in [0.15, 0.2) is 0 Å². The maximum absolute atomic E-state index is 12.9. The Hall–Kier alpha value is -3.47. The number of nitrogens with one attached hydrogen (secondary N) is 1. The minimum atomic E-state index is -0.275. The van der Waals surface area contributed by atoms with Crippen molar-refractivity contribution in [2.24, 2.45) is 0 Å². The topological polar surface area (TPSA) is 66.5 Å². The van der Waals surface area contributed by atoms with Gasteiger partial charge in [-0.1, -0.05) is 43.7 Å². The fourth-order valence-corrected chi connectivity index (χ4v) is 3.56. The summed E-state index contributed by atoms with van der Waals surface area (Å²) in [6, 6.07) is 17.7. The molecule has 3 aromatic carbocycles. The molecule has 0 bridgehead atoms. The monoisotopic (exact) mass is 372 g/mol. The molecule has 0 spiro atoms. The highest BCUT2D eigenvalue weighted by Gasteiger charge is 2.32. The van der Waals surface area contributed by atoms with E-state index in [0.29, 0.717) is 39.7 Å². The standard InChI is InChI=1S/C23H20N2O3/c1-2-3-14-25-22(27)17-11-7-10-16-19(13-12-18(20(16)17)23(25)28)24-21(26)15-8-5-4-6-9-15/h4-13H,2-3,14H2,1H3,(H,24,26). The summed E-state index contributed by atoms with van der Waals surface area (Å²) >= 11 is 0. The number of benzene rings is 3. The van der Waals surface area contributed by atoms with Crippen molar-refractivity contribution in [1.82, 2.24) is 4.90 Å². The lowest BCUT2D eigenvalue weighted by Gasteiger charge is -2.27. The molecule has 1 aliphatic rings. The Labute approximate surface area is 163 Å².